The third kappa shape index (κ3) is 2.29. The van der Waals surface area contributed by atoms with E-state index in [1.165, 1.54) is 25.7 Å². The average Bonchev–Trinajstić information content (AvgIpc) is 2.57. The van der Waals surface area contributed by atoms with Crippen molar-refractivity contribution in [1.29, 1.82) is 0 Å². The van der Waals surface area contributed by atoms with Gasteiger partial charge < -0.3 is 4.90 Å². The fraction of sp³-hybridized carbons (Fsp3) is 0.769. The highest BCUT2D eigenvalue weighted by atomic mass is 32.2. The summed E-state index contributed by atoms with van der Waals surface area (Å²) in [6.07, 6.45) is 10.4. The zero-order valence-corrected chi connectivity index (χ0v) is 10.8. The minimum absolute atomic E-state index is 0.354. The number of carbonyl (C=O) groups excluding carboxylic acids is 1. The fourth-order valence-corrected chi connectivity index (χ4v) is 3.91. The molecule has 2 bridgehead atoms. The zero-order chi connectivity index (χ0) is 11.5. The smallest absolute Gasteiger partial charge is 0.223 e. The Morgan fingerprint density at radius 3 is 2.56 bits per heavy atom. The highest BCUT2D eigenvalue weighted by Gasteiger charge is 2.42. The van der Waals surface area contributed by atoms with E-state index in [9.17, 15) is 4.79 Å². The van der Waals surface area contributed by atoms with Gasteiger partial charge in [-0.25, -0.2) is 0 Å². The second-order valence-electron chi connectivity index (χ2n) is 4.84. The normalized spacial score (nSPS) is 32.8. The highest BCUT2D eigenvalue weighted by Crippen LogP contribution is 2.39. The molecule has 90 valence electrons. The Bertz CT molecular complexity index is 265. The summed E-state index contributed by atoms with van der Waals surface area (Å²) in [4.78, 5) is 14.3. The summed E-state index contributed by atoms with van der Waals surface area (Å²) in [5, 5.41) is 0.779. The van der Waals surface area contributed by atoms with Gasteiger partial charge in [0.15, 0.2) is 0 Å². The van der Waals surface area contributed by atoms with E-state index in [-0.39, 0.29) is 0 Å². The van der Waals surface area contributed by atoms with Gasteiger partial charge in [0.05, 0.1) is 0 Å². The van der Waals surface area contributed by atoms with Crippen LogP contribution in [0.2, 0.25) is 0 Å². The Morgan fingerprint density at radius 1 is 1.44 bits per heavy atom. The van der Waals surface area contributed by atoms with Crippen LogP contribution in [0.1, 0.15) is 38.5 Å². The number of fused-ring (bicyclic) bond motifs is 2. The summed E-state index contributed by atoms with van der Waals surface area (Å²) < 4.78 is 0. The van der Waals surface area contributed by atoms with Crippen LogP contribution in [0, 0.1) is 0 Å². The van der Waals surface area contributed by atoms with Gasteiger partial charge >= 0.3 is 0 Å². The maximum atomic E-state index is 12.1. The van der Waals surface area contributed by atoms with Crippen molar-refractivity contribution in [3.63, 3.8) is 0 Å². The van der Waals surface area contributed by atoms with Gasteiger partial charge in [-0.1, -0.05) is 6.08 Å². The molecular formula is C13H21NOS. The van der Waals surface area contributed by atoms with Crippen LogP contribution < -0.4 is 0 Å². The van der Waals surface area contributed by atoms with Crippen molar-refractivity contribution in [2.24, 2.45) is 0 Å². The Balaban J connectivity index is 1.97. The first-order chi connectivity index (χ1) is 7.76. The third-order valence-corrected chi connectivity index (χ3v) is 4.93. The van der Waals surface area contributed by atoms with Crippen LogP contribution in [0.15, 0.2) is 12.7 Å². The van der Waals surface area contributed by atoms with Gasteiger partial charge in [-0.3, -0.25) is 4.79 Å². The summed E-state index contributed by atoms with van der Waals surface area (Å²) >= 11 is 1.97. The Kier molecular flexibility index (Phi) is 3.95. The predicted octanol–water partition coefficient (Wildman–Crippen LogP) is 2.84. The number of nitrogens with zero attached hydrogens (tertiary/aromatic N) is 1. The first-order valence-electron chi connectivity index (χ1n) is 6.21. The zero-order valence-electron chi connectivity index (χ0n) is 10.0. The lowest BCUT2D eigenvalue weighted by molar-refractivity contribution is -0.135. The van der Waals surface area contributed by atoms with Gasteiger partial charge in [-0.05, 0) is 38.4 Å². The molecule has 2 heterocycles. The molecule has 0 saturated carbocycles. The Hall–Kier alpha value is -0.440. The summed E-state index contributed by atoms with van der Waals surface area (Å²) in [6.45, 7) is 3.68. The number of amides is 1. The first kappa shape index (κ1) is 12.0. The standard InChI is InChI=1S/C13H21NOS/c1-3-4-5-13(15)14-10-6-7-11(14)9-12(8-10)16-2/h3,10-12H,1,4-9H2,2H3/t10-,11-/m0/s1. The van der Waals surface area contributed by atoms with Crippen molar-refractivity contribution >= 4 is 17.7 Å². The number of piperidine rings is 1. The van der Waals surface area contributed by atoms with Crippen LogP contribution in [-0.4, -0.2) is 34.4 Å². The molecular weight excluding hydrogens is 218 g/mol. The van der Waals surface area contributed by atoms with E-state index in [4.69, 9.17) is 0 Å². The van der Waals surface area contributed by atoms with Crippen molar-refractivity contribution in [2.75, 3.05) is 6.26 Å². The third-order valence-electron chi connectivity index (χ3n) is 3.87. The second-order valence-corrected chi connectivity index (χ2v) is 5.98. The van der Waals surface area contributed by atoms with Gasteiger partial charge in [0.2, 0.25) is 5.91 Å². The molecule has 2 saturated heterocycles. The number of hydrogen-bond donors (Lipinski definition) is 0. The lowest BCUT2D eigenvalue weighted by Crippen LogP contribution is -2.47. The minimum atomic E-state index is 0.354. The van der Waals surface area contributed by atoms with E-state index in [2.05, 4.69) is 17.7 Å². The number of hydrogen-bond acceptors (Lipinski definition) is 2. The Labute approximate surface area is 102 Å². The SMILES string of the molecule is C=CCCC(=O)N1[C@H]2CC[C@H]1CC(SC)C2. The van der Waals surface area contributed by atoms with Crippen molar-refractivity contribution in [1.82, 2.24) is 4.90 Å². The molecule has 1 amide bonds. The van der Waals surface area contributed by atoms with Crippen molar-refractivity contribution in [3.8, 4) is 0 Å². The van der Waals surface area contributed by atoms with Gasteiger partial charge in [-0.15, -0.1) is 6.58 Å². The highest BCUT2D eigenvalue weighted by molar-refractivity contribution is 7.99. The van der Waals surface area contributed by atoms with Crippen LogP contribution in [0.3, 0.4) is 0 Å². The summed E-state index contributed by atoms with van der Waals surface area (Å²) in [5.41, 5.74) is 0. The molecule has 0 spiro atoms. The Morgan fingerprint density at radius 2 is 2.06 bits per heavy atom. The molecule has 2 atom stereocenters. The van der Waals surface area contributed by atoms with Gasteiger partial charge in [0.1, 0.15) is 0 Å². The lowest BCUT2D eigenvalue weighted by Gasteiger charge is -2.38. The maximum absolute atomic E-state index is 12.1. The van der Waals surface area contributed by atoms with E-state index in [1.807, 2.05) is 17.8 Å². The molecule has 0 aliphatic carbocycles. The molecule has 2 aliphatic rings. The first-order valence-corrected chi connectivity index (χ1v) is 7.50. The van der Waals surface area contributed by atoms with E-state index in [0.29, 0.717) is 24.4 Å². The number of rotatable bonds is 4. The topological polar surface area (TPSA) is 20.3 Å². The molecule has 2 aliphatic heterocycles. The molecule has 0 aromatic carbocycles. The second kappa shape index (κ2) is 5.26. The maximum Gasteiger partial charge on any atom is 0.223 e. The van der Waals surface area contributed by atoms with Crippen LogP contribution in [0.5, 0.6) is 0 Å². The molecule has 0 aromatic heterocycles. The molecule has 2 fully saturated rings. The number of carbonyl (C=O) groups is 1. The summed E-state index contributed by atoms with van der Waals surface area (Å²) in [6, 6.07) is 1.07. The number of allylic oxidation sites excluding steroid dienone is 1. The van der Waals surface area contributed by atoms with Crippen LogP contribution in [0.4, 0.5) is 0 Å². The molecule has 0 N–H and O–H groups in total. The van der Waals surface area contributed by atoms with Crippen LogP contribution in [0.25, 0.3) is 0 Å². The molecule has 0 radical (unpaired) electrons. The van der Waals surface area contributed by atoms with E-state index >= 15 is 0 Å². The van der Waals surface area contributed by atoms with E-state index < -0.39 is 0 Å². The summed E-state index contributed by atoms with van der Waals surface area (Å²) in [7, 11) is 0. The summed E-state index contributed by atoms with van der Waals surface area (Å²) in [5.74, 6) is 0.354. The molecule has 3 heteroatoms. The van der Waals surface area contributed by atoms with Crippen LogP contribution in [-0.2, 0) is 4.79 Å². The quantitative estimate of drug-likeness (QED) is 0.703. The van der Waals surface area contributed by atoms with Crippen molar-refractivity contribution in [3.05, 3.63) is 12.7 Å². The van der Waals surface area contributed by atoms with E-state index in [0.717, 1.165) is 11.7 Å². The van der Waals surface area contributed by atoms with Gasteiger partial charge in [-0.2, -0.15) is 11.8 Å². The molecule has 2 rings (SSSR count). The van der Waals surface area contributed by atoms with Gasteiger partial charge in [0, 0.05) is 23.8 Å². The lowest BCUT2D eigenvalue weighted by atomic mass is 10.0. The van der Waals surface area contributed by atoms with E-state index in [1.54, 1.807) is 0 Å². The van der Waals surface area contributed by atoms with Gasteiger partial charge in [0.25, 0.3) is 0 Å². The van der Waals surface area contributed by atoms with Crippen molar-refractivity contribution in [2.45, 2.75) is 55.9 Å². The van der Waals surface area contributed by atoms with Crippen molar-refractivity contribution < 1.29 is 4.79 Å². The van der Waals surface area contributed by atoms with Crippen LogP contribution >= 0.6 is 11.8 Å². The fourth-order valence-electron chi connectivity index (χ4n) is 3.08. The minimum Gasteiger partial charge on any atom is -0.337 e. The average molecular weight is 239 g/mol. The monoisotopic (exact) mass is 239 g/mol. The number of thioether (sulfide) groups is 1. The predicted molar refractivity (Wildman–Crippen MR) is 69.6 cm³/mol. The largest absolute Gasteiger partial charge is 0.337 e. The molecule has 2 nitrogen and oxygen atoms in total. The molecule has 0 aromatic rings. The molecule has 0 unspecified atom stereocenters. The molecule has 16 heavy (non-hydrogen) atoms.